The average molecular weight is 235 g/mol. The third kappa shape index (κ3) is 1.76. The second-order valence-corrected chi connectivity index (χ2v) is 4.59. The van der Waals surface area contributed by atoms with Gasteiger partial charge in [-0.2, -0.15) is 0 Å². The van der Waals surface area contributed by atoms with E-state index in [0.29, 0.717) is 0 Å². The fourth-order valence-electron chi connectivity index (χ4n) is 2.32. The Morgan fingerprint density at radius 1 is 1.06 bits per heavy atom. The smallest absolute Gasteiger partial charge is 0.213 e. The third-order valence-electron chi connectivity index (χ3n) is 3.30. The van der Waals surface area contributed by atoms with Crippen LogP contribution in [-0.4, -0.2) is 4.98 Å². The van der Waals surface area contributed by atoms with Gasteiger partial charge < -0.3 is 0 Å². The van der Waals surface area contributed by atoms with Crippen molar-refractivity contribution in [2.75, 3.05) is 0 Å². The summed E-state index contributed by atoms with van der Waals surface area (Å²) in [6, 6.07) is 12.7. The van der Waals surface area contributed by atoms with Crippen molar-refractivity contribution in [2.24, 2.45) is 7.05 Å². The highest BCUT2D eigenvalue weighted by Gasteiger charge is 2.13. The van der Waals surface area contributed by atoms with Crippen molar-refractivity contribution in [3.63, 3.8) is 0 Å². The molecule has 0 aliphatic carbocycles. The topological polar surface area (TPSA) is 16.8 Å². The van der Waals surface area contributed by atoms with Gasteiger partial charge in [0.25, 0.3) is 0 Å². The summed E-state index contributed by atoms with van der Waals surface area (Å²) >= 11 is 0. The summed E-state index contributed by atoms with van der Waals surface area (Å²) in [7, 11) is 2.08. The number of benzene rings is 1. The van der Waals surface area contributed by atoms with E-state index in [1.54, 1.807) is 0 Å². The minimum Gasteiger partial charge on any atom is -0.264 e. The monoisotopic (exact) mass is 235 g/mol. The summed E-state index contributed by atoms with van der Waals surface area (Å²) in [5.41, 5.74) is 3.65. The Morgan fingerprint density at radius 2 is 1.83 bits per heavy atom. The lowest BCUT2D eigenvalue weighted by Gasteiger charge is -2.05. The summed E-state index contributed by atoms with van der Waals surface area (Å²) < 4.78 is 2.17. The van der Waals surface area contributed by atoms with Gasteiger partial charge >= 0.3 is 0 Å². The van der Waals surface area contributed by atoms with E-state index in [1.807, 2.05) is 12.4 Å². The first kappa shape index (κ1) is 10.9. The Labute approximate surface area is 107 Å². The SMILES string of the molecule is Cc1cnccc1-c1cc2ccccc2c[n+]1C. The first-order valence-electron chi connectivity index (χ1n) is 6.05. The summed E-state index contributed by atoms with van der Waals surface area (Å²) in [5.74, 6) is 0. The molecule has 2 heterocycles. The minimum atomic E-state index is 1.20. The van der Waals surface area contributed by atoms with E-state index in [4.69, 9.17) is 0 Å². The normalized spacial score (nSPS) is 10.8. The highest BCUT2D eigenvalue weighted by atomic mass is 14.9. The number of fused-ring (bicyclic) bond motifs is 1. The quantitative estimate of drug-likeness (QED) is 0.592. The fourth-order valence-corrected chi connectivity index (χ4v) is 2.32. The van der Waals surface area contributed by atoms with Gasteiger partial charge in [-0.15, -0.1) is 0 Å². The Morgan fingerprint density at radius 3 is 2.61 bits per heavy atom. The van der Waals surface area contributed by atoms with Gasteiger partial charge in [0, 0.05) is 23.8 Å². The molecule has 0 aliphatic rings. The van der Waals surface area contributed by atoms with Gasteiger partial charge in [-0.1, -0.05) is 18.2 Å². The summed E-state index contributed by atoms with van der Waals surface area (Å²) in [6.45, 7) is 2.09. The van der Waals surface area contributed by atoms with Crippen molar-refractivity contribution in [1.29, 1.82) is 0 Å². The van der Waals surface area contributed by atoms with Gasteiger partial charge in [0.15, 0.2) is 6.20 Å². The van der Waals surface area contributed by atoms with Crippen molar-refractivity contribution in [3.05, 3.63) is 60.6 Å². The Kier molecular flexibility index (Phi) is 2.56. The van der Waals surface area contributed by atoms with Gasteiger partial charge in [0.2, 0.25) is 5.69 Å². The second kappa shape index (κ2) is 4.22. The molecule has 0 radical (unpaired) electrons. The number of aryl methyl sites for hydroxylation is 2. The maximum Gasteiger partial charge on any atom is 0.213 e. The van der Waals surface area contributed by atoms with E-state index >= 15 is 0 Å². The number of rotatable bonds is 1. The molecule has 2 aromatic heterocycles. The van der Waals surface area contributed by atoms with Crippen molar-refractivity contribution in [2.45, 2.75) is 6.92 Å². The molecular formula is C16H15N2+. The first-order valence-corrected chi connectivity index (χ1v) is 6.05. The molecular weight excluding hydrogens is 220 g/mol. The highest BCUT2D eigenvalue weighted by Crippen LogP contribution is 2.22. The van der Waals surface area contributed by atoms with Crippen LogP contribution in [0.5, 0.6) is 0 Å². The van der Waals surface area contributed by atoms with Gasteiger partial charge in [-0.3, -0.25) is 4.98 Å². The van der Waals surface area contributed by atoms with Crippen LogP contribution in [0.15, 0.2) is 55.0 Å². The number of hydrogen-bond donors (Lipinski definition) is 0. The minimum absolute atomic E-state index is 1.20. The van der Waals surface area contributed by atoms with E-state index in [-0.39, 0.29) is 0 Å². The lowest BCUT2D eigenvalue weighted by Crippen LogP contribution is -2.30. The van der Waals surface area contributed by atoms with Crippen molar-refractivity contribution in [3.8, 4) is 11.3 Å². The summed E-state index contributed by atoms with van der Waals surface area (Å²) in [5, 5.41) is 2.53. The Balaban J connectivity index is 2.30. The molecule has 0 saturated carbocycles. The molecule has 0 spiro atoms. The van der Waals surface area contributed by atoms with Crippen LogP contribution in [0, 0.1) is 6.92 Å². The molecule has 3 rings (SSSR count). The van der Waals surface area contributed by atoms with Crippen LogP contribution in [0.3, 0.4) is 0 Å². The highest BCUT2D eigenvalue weighted by molar-refractivity contribution is 5.83. The molecule has 0 unspecified atom stereocenters. The van der Waals surface area contributed by atoms with E-state index in [2.05, 4.69) is 66.1 Å². The van der Waals surface area contributed by atoms with Crippen LogP contribution in [0.4, 0.5) is 0 Å². The second-order valence-electron chi connectivity index (χ2n) is 4.59. The predicted octanol–water partition coefficient (Wildman–Crippen LogP) is 3.03. The van der Waals surface area contributed by atoms with Crippen LogP contribution in [0.1, 0.15) is 5.56 Å². The predicted molar refractivity (Wildman–Crippen MR) is 73.1 cm³/mol. The van der Waals surface area contributed by atoms with Crippen molar-refractivity contribution >= 4 is 10.8 Å². The molecule has 0 amide bonds. The number of pyridine rings is 2. The maximum atomic E-state index is 4.15. The lowest BCUT2D eigenvalue weighted by molar-refractivity contribution is -0.659. The molecule has 0 N–H and O–H groups in total. The standard InChI is InChI=1S/C16H15N2/c1-12-10-17-8-7-15(12)16-9-13-5-3-4-6-14(13)11-18(16)2/h3-11H,1-2H3/q+1. The van der Waals surface area contributed by atoms with Gasteiger partial charge in [0.1, 0.15) is 7.05 Å². The largest absolute Gasteiger partial charge is 0.264 e. The van der Waals surface area contributed by atoms with E-state index in [9.17, 15) is 0 Å². The summed E-state index contributed by atoms with van der Waals surface area (Å²) in [4.78, 5) is 4.15. The molecule has 0 saturated heterocycles. The fraction of sp³-hybridized carbons (Fsp3) is 0.125. The van der Waals surface area contributed by atoms with Crippen LogP contribution in [-0.2, 0) is 7.05 Å². The molecule has 0 fully saturated rings. The van der Waals surface area contributed by atoms with E-state index in [0.717, 1.165) is 0 Å². The lowest BCUT2D eigenvalue weighted by atomic mass is 10.0. The molecule has 18 heavy (non-hydrogen) atoms. The van der Waals surface area contributed by atoms with Gasteiger partial charge in [-0.25, -0.2) is 4.57 Å². The number of aromatic nitrogens is 2. The maximum absolute atomic E-state index is 4.15. The van der Waals surface area contributed by atoms with Crippen LogP contribution < -0.4 is 4.57 Å². The van der Waals surface area contributed by atoms with Crippen molar-refractivity contribution in [1.82, 2.24) is 4.98 Å². The molecule has 2 heteroatoms. The van der Waals surface area contributed by atoms with Gasteiger partial charge in [0.05, 0.1) is 5.56 Å². The number of nitrogens with zero attached hydrogens (tertiary/aromatic N) is 2. The summed E-state index contributed by atoms with van der Waals surface area (Å²) in [6.07, 6.45) is 5.92. The van der Waals surface area contributed by atoms with E-state index in [1.165, 1.54) is 27.6 Å². The third-order valence-corrected chi connectivity index (χ3v) is 3.30. The van der Waals surface area contributed by atoms with Crippen LogP contribution >= 0.6 is 0 Å². The zero-order valence-electron chi connectivity index (χ0n) is 10.6. The average Bonchev–Trinajstić information content (AvgIpc) is 2.39. The molecule has 3 aromatic rings. The molecule has 88 valence electrons. The Bertz CT molecular complexity index is 717. The first-order chi connectivity index (χ1) is 8.75. The molecule has 1 aromatic carbocycles. The van der Waals surface area contributed by atoms with Crippen molar-refractivity contribution < 1.29 is 4.57 Å². The molecule has 0 atom stereocenters. The van der Waals surface area contributed by atoms with Crippen LogP contribution in [0.2, 0.25) is 0 Å². The number of hydrogen-bond acceptors (Lipinski definition) is 1. The van der Waals surface area contributed by atoms with Crippen LogP contribution in [0.25, 0.3) is 22.0 Å². The zero-order chi connectivity index (χ0) is 12.5. The van der Waals surface area contributed by atoms with E-state index < -0.39 is 0 Å². The van der Waals surface area contributed by atoms with Gasteiger partial charge in [-0.05, 0) is 30.0 Å². The molecule has 0 bridgehead atoms. The Hall–Kier alpha value is -2.22. The molecule has 0 aliphatic heterocycles. The zero-order valence-corrected chi connectivity index (χ0v) is 10.6. The molecule has 2 nitrogen and oxygen atoms in total.